The SMILES string of the molecule is NC(=O)CC1(NC(=O)C(Cl)Cl)COC1. The van der Waals surface area contributed by atoms with Gasteiger partial charge in [-0.05, 0) is 0 Å². The Hall–Kier alpha value is -0.520. The Kier molecular flexibility index (Phi) is 3.58. The quantitative estimate of drug-likeness (QED) is 0.654. The van der Waals surface area contributed by atoms with E-state index in [0.717, 1.165) is 0 Å². The van der Waals surface area contributed by atoms with Gasteiger partial charge < -0.3 is 15.8 Å². The molecule has 0 atom stereocenters. The predicted molar refractivity (Wildman–Crippen MR) is 51.0 cm³/mol. The first-order valence-electron chi connectivity index (χ1n) is 3.91. The standard InChI is InChI=1S/C7H10Cl2N2O3/c8-5(9)6(13)11-7(1-4(10)12)2-14-3-7/h5H,1-3H2,(H2,10,12)(H,11,13). The molecule has 1 fully saturated rings. The van der Waals surface area contributed by atoms with Crippen molar-refractivity contribution in [3.8, 4) is 0 Å². The van der Waals surface area contributed by atoms with E-state index in [1.54, 1.807) is 0 Å². The molecule has 0 bridgehead atoms. The lowest BCUT2D eigenvalue weighted by atomic mass is 9.92. The zero-order valence-corrected chi connectivity index (χ0v) is 8.77. The van der Waals surface area contributed by atoms with Gasteiger partial charge in [0.05, 0.1) is 25.2 Å². The van der Waals surface area contributed by atoms with Crippen molar-refractivity contribution >= 4 is 35.0 Å². The van der Waals surface area contributed by atoms with Gasteiger partial charge in [0.15, 0.2) is 4.84 Å². The minimum absolute atomic E-state index is 0.0270. The van der Waals surface area contributed by atoms with Gasteiger partial charge in [-0.3, -0.25) is 9.59 Å². The Morgan fingerprint density at radius 1 is 1.50 bits per heavy atom. The van der Waals surface area contributed by atoms with Crippen LogP contribution in [0, 0.1) is 0 Å². The Bertz CT molecular complexity index is 253. The topological polar surface area (TPSA) is 81.4 Å². The zero-order valence-electron chi connectivity index (χ0n) is 7.26. The van der Waals surface area contributed by atoms with Crippen LogP contribution in [-0.4, -0.2) is 35.4 Å². The van der Waals surface area contributed by atoms with Crippen LogP contribution in [0.4, 0.5) is 0 Å². The summed E-state index contributed by atoms with van der Waals surface area (Å²) in [5.74, 6) is -1.05. The van der Waals surface area contributed by atoms with Crippen molar-refractivity contribution in [2.75, 3.05) is 13.2 Å². The van der Waals surface area contributed by atoms with Crippen LogP contribution in [0.25, 0.3) is 0 Å². The van der Waals surface area contributed by atoms with Crippen LogP contribution >= 0.6 is 23.2 Å². The second kappa shape index (κ2) is 4.33. The molecular weight excluding hydrogens is 231 g/mol. The number of hydrogen-bond donors (Lipinski definition) is 2. The Morgan fingerprint density at radius 3 is 2.36 bits per heavy atom. The fourth-order valence-corrected chi connectivity index (χ4v) is 1.33. The number of halogens is 2. The maximum atomic E-state index is 11.2. The van der Waals surface area contributed by atoms with Crippen LogP contribution in [0.15, 0.2) is 0 Å². The van der Waals surface area contributed by atoms with Crippen LogP contribution in [-0.2, 0) is 14.3 Å². The highest BCUT2D eigenvalue weighted by atomic mass is 35.5. The summed E-state index contributed by atoms with van der Waals surface area (Å²) in [5, 5.41) is 2.53. The van der Waals surface area contributed by atoms with Gasteiger partial charge in [-0.1, -0.05) is 23.2 Å². The summed E-state index contributed by atoms with van der Waals surface area (Å²) in [7, 11) is 0. The van der Waals surface area contributed by atoms with Crippen LogP contribution in [0.1, 0.15) is 6.42 Å². The summed E-state index contributed by atoms with van der Waals surface area (Å²) >= 11 is 10.7. The number of hydrogen-bond acceptors (Lipinski definition) is 3. The first-order chi connectivity index (χ1) is 6.45. The van der Waals surface area contributed by atoms with Gasteiger partial charge in [0.1, 0.15) is 0 Å². The third kappa shape index (κ3) is 2.73. The van der Waals surface area contributed by atoms with E-state index in [0.29, 0.717) is 0 Å². The van der Waals surface area contributed by atoms with Gasteiger partial charge in [0.2, 0.25) is 5.91 Å². The molecule has 0 unspecified atom stereocenters. The summed E-state index contributed by atoms with van der Waals surface area (Å²) in [6.07, 6.45) is 0.0270. The fraction of sp³-hybridized carbons (Fsp3) is 0.714. The van der Waals surface area contributed by atoms with Crippen LogP contribution in [0.5, 0.6) is 0 Å². The van der Waals surface area contributed by atoms with Gasteiger partial charge in [-0.25, -0.2) is 0 Å². The normalized spacial score (nSPS) is 18.8. The molecule has 1 aliphatic heterocycles. The van der Waals surface area contributed by atoms with E-state index in [2.05, 4.69) is 5.32 Å². The molecule has 2 amide bonds. The minimum Gasteiger partial charge on any atom is -0.376 e. The summed E-state index contributed by atoms with van der Waals surface area (Å²) in [4.78, 5) is 20.7. The van der Waals surface area contributed by atoms with Gasteiger partial charge >= 0.3 is 0 Å². The van der Waals surface area contributed by atoms with E-state index >= 15 is 0 Å². The number of primary amides is 1. The van der Waals surface area contributed by atoms with E-state index in [1.165, 1.54) is 0 Å². The number of amides is 2. The highest BCUT2D eigenvalue weighted by Gasteiger charge is 2.42. The van der Waals surface area contributed by atoms with Gasteiger partial charge in [0, 0.05) is 0 Å². The summed E-state index contributed by atoms with van der Waals surface area (Å²) in [5.41, 5.74) is 4.31. The minimum atomic E-state index is -1.15. The Labute approximate surface area is 90.9 Å². The zero-order chi connectivity index (χ0) is 10.8. The molecule has 0 aromatic rings. The first kappa shape index (κ1) is 11.6. The van der Waals surface area contributed by atoms with E-state index < -0.39 is 22.2 Å². The van der Waals surface area contributed by atoms with Crippen molar-refractivity contribution in [3.05, 3.63) is 0 Å². The lowest BCUT2D eigenvalue weighted by molar-refractivity contribution is -0.137. The maximum Gasteiger partial charge on any atom is 0.253 e. The van der Waals surface area contributed by atoms with Crippen LogP contribution in [0.2, 0.25) is 0 Å². The molecule has 1 aliphatic rings. The Morgan fingerprint density at radius 2 is 2.07 bits per heavy atom. The third-order valence-corrected chi connectivity index (χ3v) is 2.25. The molecular formula is C7H10Cl2N2O3. The number of carbonyl (C=O) groups is 2. The second-order valence-electron chi connectivity index (χ2n) is 3.21. The number of nitrogens with one attached hydrogen (secondary N) is 1. The van der Waals surface area contributed by atoms with Gasteiger partial charge in [-0.2, -0.15) is 0 Å². The van der Waals surface area contributed by atoms with Crippen molar-refractivity contribution in [1.82, 2.24) is 5.32 Å². The van der Waals surface area contributed by atoms with Crippen molar-refractivity contribution in [1.29, 1.82) is 0 Å². The molecule has 7 heteroatoms. The van der Waals surface area contributed by atoms with E-state index in [1.807, 2.05) is 0 Å². The number of rotatable bonds is 4. The van der Waals surface area contributed by atoms with E-state index in [9.17, 15) is 9.59 Å². The average molecular weight is 241 g/mol. The molecule has 0 radical (unpaired) electrons. The molecule has 1 rings (SSSR count). The van der Waals surface area contributed by atoms with Gasteiger partial charge in [-0.15, -0.1) is 0 Å². The number of nitrogens with two attached hydrogens (primary N) is 1. The molecule has 0 aromatic carbocycles. The molecule has 0 aliphatic carbocycles. The monoisotopic (exact) mass is 240 g/mol. The number of ether oxygens (including phenoxy) is 1. The largest absolute Gasteiger partial charge is 0.376 e. The maximum absolute atomic E-state index is 11.2. The number of alkyl halides is 2. The average Bonchev–Trinajstić information content (AvgIpc) is 1.99. The van der Waals surface area contributed by atoms with Crippen molar-refractivity contribution in [2.45, 2.75) is 16.8 Å². The smallest absolute Gasteiger partial charge is 0.253 e. The van der Waals surface area contributed by atoms with Crippen LogP contribution in [0.3, 0.4) is 0 Å². The molecule has 0 aromatic heterocycles. The van der Waals surface area contributed by atoms with Crippen LogP contribution < -0.4 is 11.1 Å². The molecule has 5 nitrogen and oxygen atoms in total. The number of carbonyl (C=O) groups excluding carboxylic acids is 2. The molecule has 1 saturated heterocycles. The molecule has 0 spiro atoms. The lowest BCUT2D eigenvalue weighted by Gasteiger charge is -2.41. The highest BCUT2D eigenvalue weighted by Crippen LogP contribution is 2.21. The van der Waals surface area contributed by atoms with Crippen molar-refractivity contribution in [3.63, 3.8) is 0 Å². The van der Waals surface area contributed by atoms with Gasteiger partial charge in [0.25, 0.3) is 5.91 Å². The molecule has 1 heterocycles. The second-order valence-corrected chi connectivity index (χ2v) is 4.30. The molecule has 0 saturated carbocycles. The fourth-order valence-electron chi connectivity index (χ4n) is 1.22. The highest BCUT2D eigenvalue weighted by molar-refractivity contribution is 6.53. The van der Waals surface area contributed by atoms with E-state index in [-0.39, 0.29) is 19.6 Å². The summed E-state index contributed by atoms with van der Waals surface area (Å²) < 4.78 is 4.91. The molecule has 3 N–H and O–H groups in total. The summed E-state index contributed by atoms with van der Waals surface area (Å²) in [6, 6.07) is 0. The Balaban J connectivity index is 2.53. The van der Waals surface area contributed by atoms with Crippen molar-refractivity contribution in [2.24, 2.45) is 5.73 Å². The molecule has 14 heavy (non-hydrogen) atoms. The van der Waals surface area contributed by atoms with E-state index in [4.69, 9.17) is 33.7 Å². The first-order valence-corrected chi connectivity index (χ1v) is 4.79. The predicted octanol–water partition coefficient (Wildman–Crippen LogP) is -0.449. The molecule has 80 valence electrons. The van der Waals surface area contributed by atoms with Crippen molar-refractivity contribution < 1.29 is 14.3 Å². The summed E-state index contributed by atoms with van der Waals surface area (Å²) in [6.45, 7) is 0.504. The lowest BCUT2D eigenvalue weighted by Crippen LogP contribution is -2.64. The third-order valence-electron chi connectivity index (χ3n) is 1.86.